The van der Waals surface area contributed by atoms with Crippen molar-refractivity contribution in [2.45, 2.75) is 24.9 Å². The number of para-hydroxylation sites is 1. The molecule has 0 atom stereocenters. The van der Waals surface area contributed by atoms with Crippen LogP contribution in [-0.4, -0.2) is 38.7 Å². The number of halogens is 2. The molecule has 0 spiro atoms. The number of amides is 2. The molecule has 2 heterocycles. The van der Waals surface area contributed by atoms with Crippen LogP contribution >= 0.6 is 23.2 Å². The lowest BCUT2D eigenvalue weighted by Gasteiger charge is -2.32. The first-order chi connectivity index (χ1) is 17.4. The molecule has 0 unspecified atom stereocenters. The summed E-state index contributed by atoms with van der Waals surface area (Å²) < 4.78 is 1.50. The van der Waals surface area contributed by atoms with Crippen LogP contribution in [0.4, 0.5) is 5.82 Å². The molecule has 1 saturated carbocycles. The molecule has 2 aromatic carbocycles. The molecular weight excluding hydrogens is 499 g/mol. The minimum Gasteiger partial charge on any atom is -0.348 e. The second-order valence-corrected chi connectivity index (χ2v) is 9.36. The van der Waals surface area contributed by atoms with Crippen molar-refractivity contribution in [1.82, 2.24) is 20.1 Å². The molecular formula is C26H22Cl2N6O2. The van der Waals surface area contributed by atoms with Crippen LogP contribution < -0.4 is 16.4 Å². The van der Waals surface area contributed by atoms with Gasteiger partial charge in [-0.1, -0.05) is 47.5 Å². The third kappa shape index (κ3) is 4.97. The van der Waals surface area contributed by atoms with Crippen molar-refractivity contribution in [3.63, 3.8) is 0 Å². The Bertz CT molecular complexity index is 1420. The van der Waals surface area contributed by atoms with Crippen molar-refractivity contribution < 1.29 is 9.59 Å². The van der Waals surface area contributed by atoms with Crippen molar-refractivity contribution in [2.75, 3.05) is 5.32 Å². The number of hydrogen-bond donors (Lipinski definition) is 3. The average Bonchev–Trinajstić information content (AvgIpc) is 3.28. The van der Waals surface area contributed by atoms with Crippen LogP contribution in [0.1, 0.15) is 33.7 Å². The smallest absolute Gasteiger partial charge is 0.272 e. The van der Waals surface area contributed by atoms with Gasteiger partial charge in [0.25, 0.3) is 11.8 Å². The lowest BCUT2D eigenvalue weighted by Crippen LogP contribution is -2.50. The summed E-state index contributed by atoms with van der Waals surface area (Å²) in [5, 5.41) is 10.8. The minimum absolute atomic E-state index is 0.0188. The normalized spacial score (nSPS) is 16.8. The number of pyridine rings is 1. The number of rotatable bonds is 6. The predicted molar refractivity (Wildman–Crippen MR) is 140 cm³/mol. The Balaban J connectivity index is 1.46. The Morgan fingerprint density at radius 1 is 0.944 bits per heavy atom. The van der Waals surface area contributed by atoms with E-state index in [-0.39, 0.29) is 34.3 Å². The summed E-state index contributed by atoms with van der Waals surface area (Å²) in [6, 6.07) is 19.4. The van der Waals surface area contributed by atoms with Crippen LogP contribution in [0, 0.1) is 0 Å². The molecule has 4 aromatic rings. The lowest BCUT2D eigenvalue weighted by molar-refractivity contribution is 0.0904. The zero-order valence-electron chi connectivity index (χ0n) is 19.0. The van der Waals surface area contributed by atoms with E-state index in [1.165, 1.54) is 16.8 Å². The number of hydrogen-bond acceptors (Lipinski definition) is 5. The number of anilines is 1. The van der Waals surface area contributed by atoms with Crippen LogP contribution in [0.5, 0.6) is 0 Å². The molecule has 4 N–H and O–H groups in total. The van der Waals surface area contributed by atoms with E-state index in [1.54, 1.807) is 24.4 Å². The Labute approximate surface area is 217 Å². The highest BCUT2D eigenvalue weighted by atomic mass is 35.5. The quantitative estimate of drug-likeness (QED) is 0.340. The van der Waals surface area contributed by atoms with Crippen LogP contribution in [0.15, 0.2) is 72.9 Å². The van der Waals surface area contributed by atoms with E-state index in [9.17, 15) is 9.59 Å². The first kappa shape index (κ1) is 24.0. The molecule has 2 aromatic heterocycles. The fourth-order valence-corrected chi connectivity index (χ4v) is 4.58. The number of nitrogens with zero attached hydrogens (tertiary/aromatic N) is 3. The number of nitrogens with two attached hydrogens (primary N) is 1. The molecule has 10 heteroatoms. The van der Waals surface area contributed by atoms with E-state index in [1.807, 2.05) is 36.4 Å². The highest BCUT2D eigenvalue weighted by Gasteiger charge is 2.29. The van der Waals surface area contributed by atoms with Gasteiger partial charge in [-0.05, 0) is 49.2 Å². The summed E-state index contributed by atoms with van der Waals surface area (Å²) in [6.07, 6.45) is 3.09. The fourth-order valence-electron chi connectivity index (χ4n) is 4.01. The van der Waals surface area contributed by atoms with Crippen LogP contribution in [0.3, 0.4) is 0 Å². The lowest BCUT2D eigenvalue weighted by atomic mass is 9.87. The SMILES string of the molecule is NC1CC(NC(=O)c2cc(NC(=O)c3cc(-c4ccccn4)c(Cl)cc3Cl)n(-c3ccccc3)n2)C1. The molecule has 182 valence electrons. The highest BCUT2D eigenvalue weighted by Crippen LogP contribution is 2.32. The summed E-state index contributed by atoms with van der Waals surface area (Å²) in [5.41, 5.74) is 8.06. The van der Waals surface area contributed by atoms with Crippen molar-refractivity contribution in [2.24, 2.45) is 5.73 Å². The monoisotopic (exact) mass is 520 g/mol. The summed E-state index contributed by atoms with van der Waals surface area (Å²) in [6.45, 7) is 0. The minimum atomic E-state index is -0.483. The van der Waals surface area contributed by atoms with Gasteiger partial charge in [-0.25, -0.2) is 4.68 Å². The third-order valence-corrected chi connectivity index (χ3v) is 6.56. The summed E-state index contributed by atoms with van der Waals surface area (Å²) >= 11 is 12.8. The van der Waals surface area contributed by atoms with Crippen molar-refractivity contribution in [1.29, 1.82) is 0 Å². The maximum atomic E-state index is 13.3. The summed E-state index contributed by atoms with van der Waals surface area (Å²) in [4.78, 5) is 30.5. The Kier molecular flexibility index (Phi) is 6.73. The van der Waals surface area contributed by atoms with Gasteiger partial charge in [0, 0.05) is 29.9 Å². The van der Waals surface area contributed by atoms with E-state index in [0.29, 0.717) is 27.8 Å². The maximum absolute atomic E-state index is 13.3. The first-order valence-electron chi connectivity index (χ1n) is 11.3. The van der Waals surface area contributed by atoms with Gasteiger partial charge in [0.05, 0.1) is 27.0 Å². The summed E-state index contributed by atoms with van der Waals surface area (Å²) in [7, 11) is 0. The van der Waals surface area contributed by atoms with Crippen LogP contribution in [0.25, 0.3) is 16.9 Å². The Morgan fingerprint density at radius 2 is 1.69 bits per heavy atom. The maximum Gasteiger partial charge on any atom is 0.272 e. The van der Waals surface area contributed by atoms with Gasteiger partial charge >= 0.3 is 0 Å². The standard InChI is InChI=1S/C26H22Cl2N6O2/c27-20-13-21(28)19(12-18(20)22-8-4-5-9-30-22)25(35)32-24-14-23(26(36)31-16-10-15(29)11-16)33-34(24)17-6-2-1-3-7-17/h1-9,12-16H,10-11,29H2,(H,31,36)(H,32,35). The zero-order valence-corrected chi connectivity index (χ0v) is 20.5. The zero-order chi connectivity index (χ0) is 25.2. The van der Waals surface area contributed by atoms with E-state index in [2.05, 4.69) is 20.7 Å². The number of benzene rings is 2. The fraction of sp³-hybridized carbons (Fsp3) is 0.154. The van der Waals surface area contributed by atoms with E-state index >= 15 is 0 Å². The molecule has 0 aliphatic heterocycles. The van der Waals surface area contributed by atoms with Gasteiger partial charge in [0.2, 0.25) is 0 Å². The van der Waals surface area contributed by atoms with Gasteiger partial charge in [-0.2, -0.15) is 5.10 Å². The van der Waals surface area contributed by atoms with E-state index < -0.39 is 5.91 Å². The molecule has 1 fully saturated rings. The number of carbonyl (C=O) groups is 2. The molecule has 1 aliphatic carbocycles. The van der Waals surface area contributed by atoms with Crippen LogP contribution in [0.2, 0.25) is 10.0 Å². The Hall–Kier alpha value is -3.72. The van der Waals surface area contributed by atoms with E-state index in [0.717, 1.165) is 12.8 Å². The summed E-state index contributed by atoms with van der Waals surface area (Å²) in [5.74, 6) is -0.506. The van der Waals surface area contributed by atoms with E-state index in [4.69, 9.17) is 28.9 Å². The van der Waals surface area contributed by atoms with Gasteiger partial charge in [-0.3, -0.25) is 14.6 Å². The second-order valence-electron chi connectivity index (χ2n) is 8.55. The molecule has 5 rings (SSSR count). The van der Waals surface area contributed by atoms with Crippen molar-refractivity contribution in [3.8, 4) is 16.9 Å². The van der Waals surface area contributed by atoms with Gasteiger partial charge in [0.15, 0.2) is 5.69 Å². The predicted octanol–water partition coefficient (Wildman–Crippen LogP) is 4.71. The molecule has 2 amide bonds. The van der Waals surface area contributed by atoms with Crippen molar-refractivity contribution >= 4 is 40.8 Å². The van der Waals surface area contributed by atoms with Gasteiger partial charge < -0.3 is 16.4 Å². The topological polar surface area (TPSA) is 115 Å². The highest BCUT2D eigenvalue weighted by molar-refractivity contribution is 6.38. The molecule has 36 heavy (non-hydrogen) atoms. The third-order valence-electron chi connectivity index (χ3n) is 5.94. The number of carbonyl (C=O) groups excluding carboxylic acids is 2. The second kappa shape index (κ2) is 10.1. The largest absolute Gasteiger partial charge is 0.348 e. The van der Waals surface area contributed by atoms with Gasteiger partial charge in [-0.15, -0.1) is 0 Å². The molecule has 0 radical (unpaired) electrons. The Morgan fingerprint density at radius 3 is 2.39 bits per heavy atom. The van der Waals surface area contributed by atoms with Crippen molar-refractivity contribution in [3.05, 3.63) is 94.2 Å². The molecule has 8 nitrogen and oxygen atoms in total. The molecule has 0 saturated heterocycles. The van der Waals surface area contributed by atoms with Crippen LogP contribution in [-0.2, 0) is 0 Å². The first-order valence-corrected chi connectivity index (χ1v) is 12.1. The molecule has 1 aliphatic rings. The van der Waals surface area contributed by atoms with Gasteiger partial charge in [0.1, 0.15) is 5.82 Å². The molecule has 0 bridgehead atoms. The number of nitrogens with one attached hydrogen (secondary N) is 2. The number of aromatic nitrogens is 3. The average molecular weight is 521 g/mol.